The molecule has 1 aromatic carbocycles. The number of hydrogen-bond donors (Lipinski definition) is 1. The summed E-state index contributed by atoms with van der Waals surface area (Å²) in [5, 5.41) is 10.6. The van der Waals surface area contributed by atoms with Gasteiger partial charge in [-0.25, -0.2) is 0 Å². The van der Waals surface area contributed by atoms with Crippen LogP contribution in [0.4, 0.5) is 0 Å². The zero-order valence-corrected chi connectivity index (χ0v) is 14.0. The van der Waals surface area contributed by atoms with E-state index in [-0.39, 0.29) is 11.9 Å². The number of furan rings is 1. The quantitative estimate of drug-likeness (QED) is 0.934. The average Bonchev–Trinajstić information content (AvgIpc) is 3.15. The Labute approximate surface area is 141 Å². The maximum atomic E-state index is 12.9. The van der Waals surface area contributed by atoms with Gasteiger partial charge in [-0.05, 0) is 48.6 Å². The summed E-state index contributed by atoms with van der Waals surface area (Å²) in [6.45, 7) is 2.79. The number of nitrogens with zero attached hydrogens (tertiary/aromatic N) is 1. The van der Waals surface area contributed by atoms with Gasteiger partial charge in [-0.15, -0.1) is 0 Å². The van der Waals surface area contributed by atoms with Crippen molar-refractivity contribution in [2.75, 3.05) is 13.7 Å². The lowest BCUT2D eigenvalue weighted by molar-refractivity contribution is -0.145. The molecule has 3 unspecified atom stereocenters. The van der Waals surface area contributed by atoms with Crippen LogP contribution in [0.2, 0.25) is 0 Å². The first-order valence-corrected chi connectivity index (χ1v) is 8.26. The van der Waals surface area contributed by atoms with Crippen LogP contribution in [-0.4, -0.2) is 29.6 Å². The number of aliphatic hydroxyl groups excluding tert-OH is 1. The van der Waals surface area contributed by atoms with Crippen LogP contribution in [0.5, 0.6) is 5.75 Å². The van der Waals surface area contributed by atoms with E-state index >= 15 is 0 Å². The minimum atomic E-state index is -1.20. The maximum absolute atomic E-state index is 12.9. The van der Waals surface area contributed by atoms with Crippen molar-refractivity contribution in [1.82, 2.24) is 4.90 Å². The number of aliphatic hydroxyl groups is 1. The van der Waals surface area contributed by atoms with Gasteiger partial charge in [0.1, 0.15) is 11.5 Å². The van der Waals surface area contributed by atoms with Gasteiger partial charge in [0.05, 0.1) is 19.4 Å². The van der Waals surface area contributed by atoms with Gasteiger partial charge in [-0.1, -0.05) is 19.1 Å². The lowest BCUT2D eigenvalue weighted by atomic mass is 9.90. The van der Waals surface area contributed by atoms with Crippen molar-refractivity contribution >= 4 is 5.91 Å². The average molecular weight is 329 g/mol. The second-order valence-electron chi connectivity index (χ2n) is 6.37. The Balaban J connectivity index is 1.83. The van der Waals surface area contributed by atoms with Crippen LogP contribution in [0.15, 0.2) is 47.1 Å². The van der Waals surface area contributed by atoms with Crippen LogP contribution in [0.25, 0.3) is 0 Å². The van der Waals surface area contributed by atoms with E-state index in [9.17, 15) is 9.90 Å². The Kier molecular flexibility index (Phi) is 4.90. The molecule has 5 nitrogen and oxygen atoms in total. The highest BCUT2D eigenvalue weighted by atomic mass is 16.5. The van der Waals surface area contributed by atoms with E-state index in [2.05, 4.69) is 6.92 Å². The van der Waals surface area contributed by atoms with Crippen molar-refractivity contribution in [3.63, 3.8) is 0 Å². The Bertz CT molecular complexity index is 682. The predicted octanol–water partition coefficient (Wildman–Crippen LogP) is 3.32. The van der Waals surface area contributed by atoms with Gasteiger partial charge >= 0.3 is 0 Å². The van der Waals surface area contributed by atoms with Gasteiger partial charge in [-0.3, -0.25) is 4.79 Å². The SMILES string of the molecule is COc1cccc(C(O)C(=O)N2CCC(C)CC2c2ccco2)c1. The van der Waals surface area contributed by atoms with Crippen molar-refractivity contribution in [3.8, 4) is 5.75 Å². The standard InChI is InChI=1S/C19H23NO4/c1-13-8-9-20(16(11-13)17-7-4-10-24-17)19(22)18(21)14-5-3-6-15(12-14)23-2/h3-7,10,12-13,16,18,21H,8-9,11H2,1-2H3. The fourth-order valence-electron chi connectivity index (χ4n) is 3.27. The molecular weight excluding hydrogens is 306 g/mol. The Morgan fingerprint density at radius 1 is 1.38 bits per heavy atom. The van der Waals surface area contributed by atoms with Gasteiger partial charge in [0, 0.05) is 6.54 Å². The summed E-state index contributed by atoms with van der Waals surface area (Å²) >= 11 is 0. The third-order valence-electron chi connectivity index (χ3n) is 4.66. The highest BCUT2D eigenvalue weighted by Crippen LogP contribution is 2.36. The van der Waals surface area contributed by atoms with Gasteiger partial charge in [0.25, 0.3) is 5.91 Å². The number of ether oxygens (including phenoxy) is 1. The summed E-state index contributed by atoms with van der Waals surface area (Å²) in [7, 11) is 1.56. The lowest BCUT2D eigenvalue weighted by Crippen LogP contribution is -2.42. The zero-order chi connectivity index (χ0) is 17.1. The van der Waals surface area contributed by atoms with E-state index in [1.165, 1.54) is 0 Å². The molecule has 1 aliphatic heterocycles. The molecule has 0 aliphatic carbocycles. The summed E-state index contributed by atoms with van der Waals surface area (Å²) in [6.07, 6.45) is 2.18. The van der Waals surface area contributed by atoms with E-state index in [0.29, 0.717) is 23.8 Å². The monoisotopic (exact) mass is 329 g/mol. The van der Waals surface area contributed by atoms with Crippen molar-refractivity contribution < 1.29 is 19.1 Å². The number of rotatable bonds is 4. The molecule has 2 heterocycles. The molecule has 1 aliphatic rings. The van der Waals surface area contributed by atoms with Crippen LogP contribution in [0.3, 0.4) is 0 Å². The van der Waals surface area contributed by atoms with Crippen molar-refractivity contribution in [3.05, 3.63) is 54.0 Å². The maximum Gasteiger partial charge on any atom is 0.256 e. The summed E-state index contributed by atoms with van der Waals surface area (Å²) < 4.78 is 10.7. The Morgan fingerprint density at radius 3 is 2.92 bits per heavy atom. The molecule has 2 aromatic rings. The molecule has 1 N–H and O–H groups in total. The van der Waals surface area contributed by atoms with Gasteiger partial charge in [0.2, 0.25) is 0 Å². The minimum Gasteiger partial charge on any atom is -0.497 e. The number of likely N-dealkylation sites (tertiary alicyclic amines) is 1. The second-order valence-corrected chi connectivity index (χ2v) is 6.37. The summed E-state index contributed by atoms with van der Waals surface area (Å²) in [4.78, 5) is 14.6. The molecule has 0 radical (unpaired) electrons. The molecule has 1 fully saturated rings. The molecule has 1 saturated heterocycles. The first kappa shape index (κ1) is 16.6. The fourth-order valence-corrected chi connectivity index (χ4v) is 3.27. The second kappa shape index (κ2) is 7.09. The van der Waals surface area contributed by atoms with Crippen LogP contribution in [0, 0.1) is 5.92 Å². The molecule has 24 heavy (non-hydrogen) atoms. The molecule has 1 aromatic heterocycles. The number of methoxy groups -OCH3 is 1. The third kappa shape index (κ3) is 3.31. The molecule has 1 amide bonds. The number of piperidine rings is 1. The fraction of sp³-hybridized carbons (Fsp3) is 0.421. The van der Waals surface area contributed by atoms with Crippen molar-refractivity contribution in [2.45, 2.75) is 31.9 Å². The van der Waals surface area contributed by atoms with E-state index < -0.39 is 6.10 Å². The van der Waals surface area contributed by atoms with Crippen LogP contribution in [-0.2, 0) is 4.79 Å². The van der Waals surface area contributed by atoms with Gasteiger partial charge in [0.15, 0.2) is 6.10 Å². The van der Waals surface area contributed by atoms with Crippen molar-refractivity contribution in [1.29, 1.82) is 0 Å². The minimum absolute atomic E-state index is 0.128. The first-order valence-electron chi connectivity index (χ1n) is 8.26. The summed E-state index contributed by atoms with van der Waals surface area (Å²) in [5.74, 6) is 1.61. The Morgan fingerprint density at radius 2 is 2.21 bits per heavy atom. The van der Waals surface area contributed by atoms with Gasteiger partial charge in [-0.2, -0.15) is 0 Å². The molecule has 5 heteroatoms. The highest BCUT2D eigenvalue weighted by Gasteiger charge is 2.35. The number of amides is 1. The van der Waals surface area contributed by atoms with E-state index in [4.69, 9.17) is 9.15 Å². The van der Waals surface area contributed by atoms with Gasteiger partial charge < -0.3 is 19.2 Å². The third-order valence-corrected chi connectivity index (χ3v) is 4.66. The summed E-state index contributed by atoms with van der Waals surface area (Å²) in [5.41, 5.74) is 0.538. The van der Waals surface area contributed by atoms with E-state index in [1.807, 2.05) is 12.1 Å². The van der Waals surface area contributed by atoms with Crippen molar-refractivity contribution in [2.24, 2.45) is 5.92 Å². The topological polar surface area (TPSA) is 62.9 Å². The molecule has 128 valence electrons. The largest absolute Gasteiger partial charge is 0.497 e. The van der Waals surface area contributed by atoms with Crippen LogP contribution < -0.4 is 4.74 Å². The van der Waals surface area contributed by atoms with E-state index in [1.54, 1.807) is 42.5 Å². The number of carbonyl (C=O) groups is 1. The summed E-state index contributed by atoms with van der Waals surface area (Å²) in [6, 6.07) is 10.6. The lowest BCUT2D eigenvalue weighted by Gasteiger charge is -2.38. The van der Waals surface area contributed by atoms with E-state index in [0.717, 1.165) is 18.6 Å². The van der Waals surface area contributed by atoms with Crippen LogP contribution in [0.1, 0.15) is 43.2 Å². The molecule has 3 atom stereocenters. The molecule has 0 spiro atoms. The number of hydrogen-bond acceptors (Lipinski definition) is 4. The number of benzene rings is 1. The number of carbonyl (C=O) groups excluding carboxylic acids is 1. The Hall–Kier alpha value is -2.27. The first-order chi connectivity index (χ1) is 11.6. The zero-order valence-electron chi connectivity index (χ0n) is 14.0. The molecule has 3 rings (SSSR count). The molecular formula is C19H23NO4. The smallest absolute Gasteiger partial charge is 0.256 e. The van der Waals surface area contributed by atoms with Crippen LogP contribution >= 0.6 is 0 Å². The highest BCUT2D eigenvalue weighted by molar-refractivity contribution is 5.82. The normalized spacial score (nSPS) is 22.2. The predicted molar refractivity (Wildman–Crippen MR) is 89.5 cm³/mol. The molecule has 0 bridgehead atoms. The molecule has 0 saturated carbocycles.